The molecule has 0 bridgehead atoms. The van der Waals surface area contributed by atoms with Crippen molar-refractivity contribution in [3.8, 4) is 0 Å². The Morgan fingerprint density at radius 1 is 0.970 bits per heavy atom. The first-order chi connectivity index (χ1) is 15.9. The van der Waals surface area contributed by atoms with Crippen LogP contribution < -0.4 is 9.62 Å². The van der Waals surface area contributed by atoms with Gasteiger partial charge >= 0.3 is 0 Å². The Balaban J connectivity index is 1.54. The zero-order valence-corrected chi connectivity index (χ0v) is 20.0. The van der Waals surface area contributed by atoms with Crippen LogP contribution in [0.2, 0.25) is 0 Å². The maximum Gasteiger partial charge on any atom is 0.264 e. The lowest BCUT2D eigenvalue weighted by Gasteiger charge is -2.24. The number of para-hydroxylation sites is 1. The molecule has 0 saturated carbocycles. The van der Waals surface area contributed by atoms with Crippen molar-refractivity contribution in [3.05, 3.63) is 95.8 Å². The van der Waals surface area contributed by atoms with Crippen molar-refractivity contribution in [1.29, 1.82) is 0 Å². The van der Waals surface area contributed by atoms with Crippen molar-refractivity contribution < 1.29 is 17.6 Å². The van der Waals surface area contributed by atoms with Gasteiger partial charge in [-0.2, -0.15) is 11.8 Å². The van der Waals surface area contributed by atoms with Gasteiger partial charge in [0.15, 0.2) is 0 Å². The van der Waals surface area contributed by atoms with E-state index < -0.39 is 21.7 Å². The van der Waals surface area contributed by atoms with Crippen LogP contribution in [0.25, 0.3) is 0 Å². The number of nitrogens with one attached hydrogen (secondary N) is 1. The summed E-state index contributed by atoms with van der Waals surface area (Å²) < 4.78 is 40.7. The van der Waals surface area contributed by atoms with E-state index in [9.17, 15) is 17.6 Å². The maximum atomic E-state index is 13.3. The Labute approximate surface area is 199 Å². The number of carbonyl (C=O) groups excluding carboxylic acids is 1. The number of rotatable bonds is 11. The van der Waals surface area contributed by atoms with Gasteiger partial charge in [-0.15, -0.1) is 0 Å². The highest BCUT2D eigenvalue weighted by Gasteiger charge is 2.27. The van der Waals surface area contributed by atoms with E-state index in [1.807, 2.05) is 0 Å². The van der Waals surface area contributed by atoms with Crippen molar-refractivity contribution in [2.45, 2.75) is 24.0 Å². The molecule has 0 aliphatic carbocycles. The summed E-state index contributed by atoms with van der Waals surface area (Å²) in [6, 6.07) is 21.4. The summed E-state index contributed by atoms with van der Waals surface area (Å²) >= 11 is 1.79. The highest BCUT2D eigenvalue weighted by Crippen LogP contribution is 2.23. The average Bonchev–Trinajstić information content (AvgIpc) is 2.81. The third kappa shape index (κ3) is 7.33. The molecule has 0 radical (unpaired) electrons. The Kier molecular flexibility index (Phi) is 8.91. The number of anilines is 1. The zero-order chi connectivity index (χ0) is 23.7. The molecule has 0 spiro atoms. The van der Waals surface area contributed by atoms with Gasteiger partial charge in [-0.3, -0.25) is 9.10 Å². The van der Waals surface area contributed by atoms with Crippen LogP contribution in [0, 0.1) is 12.7 Å². The van der Waals surface area contributed by atoms with E-state index in [0.29, 0.717) is 12.2 Å². The lowest BCUT2D eigenvalue weighted by atomic mass is 10.2. The van der Waals surface area contributed by atoms with Crippen LogP contribution in [0.15, 0.2) is 83.8 Å². The molecule has 174 valence electrons. The Morgan fingerprint density at radius 2 is 1.64 bits per heavy atom. The van der Waals surface area contributed by atoms with Crippen molar-refractivity contribution >= 4 is 33.4 Å². The van der Waals surface area contributed by atoms with Gasteiger partial charge in [-0.05, 0) is 61.1 Å². The van der Waals surface area contributed by atoms with Gasteiger partial charge in [0, 0.05) is 12.3 Å². The average molecular weight is 487 g/mol. The number of benzene rings is 3. The third-order valence-electron chi connectivity index (χ3n) is 4.91. The van der Waals surface area contributed by atoms with E-state index in [2.05, 4.69) is 36.5 Å². The van der Waals surface area contributed by atoms with Crippen LogP contribution >= 0.6 is 11.8 Å². The number of halogens is 1. The summed E-state index contributed by atoms with van der Waals surface area (Å²) in [7, 11) is -4.04. The van der Waals surface area contributed by atoms with Gasteiger partial charge in [0.05, 0.1) is 10.6 Å². The molecule has 3 rings (SSSR count). The summed E-state index contributed by atoms with van der Waals surface area (Å²) in [5.41, 5.74) is 2.86. The van der Waals surface area contributed by atoms with Crippen LogP contribution in [0.5, 0.6) is 0 Å². The largest absolute Gasteiger partial charge is 0.354 e. The van der Waals surface area contributed by atoms with E-state index >= 15 is 0 Å². The van der Waals surface area contributed by atoms with Crippen molar-refractivity contribution in [2.24, 2.45) is 0 Å². The predicted molar refractivity (Wildman–Crippen MR) is 132 cm³/mol. The molecule has 33 heavy (non-hydrogen) atoms. The van der Waals surface area contributed by atoms with Gasteiger partial charge in [-0.1, -0.05) is 48.0 Å². The molecule has 0 fully saturated rings. The Hall–Kier alpha value is -2.84. The number of carbonyl (C=O) groups is 1. The number of sulfonamides is 1. The van der Waals surface area contributed by atoms with Crippen molar-refractivity contribution in [3.63, 3.8) is 0 Å². The summed E-state index contributed by atoms with van der Waals surface area (Å²) in [5, 5.41) is 2.80. The molecule has 5 nitrogen and oxygen atoms in total. The summed E-state index contributed by atoms with van der Waals surface area (Å²) in [6.07, 6.45) is 0.776. The predicted octanol–water partition coefficient (Wildman–Crippen LogP) is 4.77. The Bertz CT molecular complexity index is 1140. The first kappa shape index (κ1) is 24.8. The number of aryl methyl sites for hydroxylation is 1. The number of amides is 1. The van der Waals surface area contributed by atoms with E-state index in [-0.39, 0.29) is 11.4 Å². The number of hydrogen-bond acceptors (Lipinski definition) is 4. The van der Waals surface area contributed by atoms with Crippen LogP contribution in [-0.2, 0) is 20.6 Å². The fourth-order valence-electron chi connectivity index (χ4n) is 3.11. The molecule has 0 atom stereocenters. The molecule has 1 amide bonds. The topological polar surface area (TPSA) is 66.5 Å². The number of thioether (sulfide) groups is 1. The second kappa shape index (κ2) is 11.9. The summed E-state index contributed by atoms with van der Waals surface area (Å²) in [5.74, 6) is 0.863. The van der Waals surface area contributed by atoms with Crippen LogP contribution in [0.3, 0.4) is 0 Å². The second-order valence-electron chi connectivity index (χ2n) is 7.54. The van der Waals surface area contributed by atoms with Crippen molar-refractivity contribution in [1.82, 2.24) is 5.32 Å². The Morgan fingerprint density at radius 3 is 2.30 bits per heavy atom. The SMILES string of the molecule is Cc1ccc(CSCCCNC(=O)CN(c2ccccc2)S(=O)(=O)c2ccc(F)cc2)cc1. The summed E-state index contributed by atoms with van der Waals surface area (Å²) in [4.78, 5) is 12.5. The maximum absolute atomic E-state index is 13.3. The fraction of sp³-hybridized carbons (Fsp3) is 0.240. The van der Waals surface area contributed by atoms with Crippen LogP contribution in [-0.4, -0.2) is 33.2 Å². The minimum atomic E-state index is -4.04. The lowest BCUT2D eigenvalue weighted by molar-refractivity contribution is -0.119. The van der Waals surface area contributed by atoms with Gasteiger partial charge < -0.3 is 5.32 Å². The molecule has 3 aromatic carbocycles. The molecular weight excluding hydrogens is 459 g/mol. The van der Waals surface area contributed by atoms with Crippen molar-refractivity contribution in [2.75, 3.05) is 23.1 Å². The quantitative estimate of drug-likeness (QED) is 0.397. The third-order valence-corrected chi connectivity index (χ3v) is 7.81. The van der Waals surface area contributed by atoms with E-state index in [4.69, 9.17) is 0 Å². The highest BCUT2D eigenvalue weighted by molar-refractivity contribution is 7.98. The molecule has 3 aromatic rings. The molecule has 0 aliphatic heterocycles. The lowest BCUT2D eigenvalue weighted by Crippen LogP contribution is -2.41. The van der Waals surface area contributed by atoms with Crippen LogP contribution in [0.1, 0.15) is 17.5 Å². The first-order valence-electron chi connectivity index (χ1n) is 10.6. The van der Waals surface area contributed by atoms with E-state index in [0.717, 1.165) is 34.4 Å². The smallest absolute Gasteiger partial charge is 0.264 e. The van der Waals surface area contributed by atoms with Gasteiger partial charge in [0.1, 0.15) is 12.4 Å². The molecule has 0 aliphatic rings. The van der Waals surface area contributed by atoms with Gasteiger partial charge in [0.2, 0.25) is 5.91 Å². The second-order valence-corrected chi connectivity index (χ2v) is 10.5. The zero-order valence-electron chi connectivity index (χ0n) is 18.4. The van der Waals surface area contributed by atoms with Gasteiger partial charge in [-0.25, -0.2) is 12.8 Å². The molecule has 0 aromatic heterocycles. The fourth-order valence-corrected chi connectivity index (χ4v) is 5.45. The van der Waals surface area contributed by atoms with Gasteiger partial charge in [0.25, 0.3) is 10.0 Å². The molecular formula is C25H27FN2O3S2. The normalized spacial score (nSPS) is 11.2. The minimum absolute atomic E-state index is 0.0759. The molecule has 1 N–H and O–H groups in total. The van der Waals surface area contributed by atoms with E-state index in [1.165, 1.54) is 23.3 Å². The minimum Gasteiger partial charge on any atom is -0.354 e. The van der Waals surface area contributed by atoms with Crippen LogP contribution in [0.4, 0.5) is 10.1 Å². The number of nitrogens with zero attached hydrogens (tertiary/aromatic N) is 1. The van der Waals surface area contributed by atoms with E-state index in [1.54, 1.807) is 42.1 Å². The highest BCUT2D eigenvalue weighted by atomic mass is 32.2. The number of hydrogen-bond donors (Lipinski definition) is 1. The molecule has 0 unspecified atom stereocenters. The molecule has 0 heterocycles. The first-order valence-corrected chi connectivity index (χ1v) is 13.2. The summed E-state index contributed by atoms with van der Waals surface area (Å²) in [6.45, 7) is 2.16. The standard InChI is InChI=1S/C25H27FN2O3S2/c1-20-8-10-21(11-9-20)19-32-17-5-16-27-25(29)18-28(23-6-3-2-4-7-23)33(30,31)24-14-12-22(26)13-15-24/h2-4,6-15H,5,16-19H2,1H3,(H,27,29). The molecule has 0 saturated heterocycles. The molecule has 8 heteroatoms. The monoisotopic (exact) mass is 486 g/mol.